The number of carbonyl (C=O) groups is 3. The molecule has 2 saturated heterocycles. The maximum Gasteiger partial charge on any atom is 0.227 e. The van der Waals surface area contributed by atoms with Gasteiger partial charge in [-0.25, -0.2) is 0 Å². The van der Waals surface area contributed by atoms with Crippen molar-refractivity contribution < 1.29 is 14.4 Å². The maximum absolute atomic E-state index is 12.7. The van der Waals surface area contributed by atoms with Gasteiger partial charge in [-0.05, 0) is 46.0 Å². The Morgan fingerprint density at radius 1 is 1.28 bits per heavy atom. The summed E-state index contributed by atoms with van der Waals surface area (Å²) in [6, 6.07) is 0. The highest BCUT2D eigenvalue weighted by atomic mass is 16.2. The van der Waals surface area contributed by atoms with Gasteiger partial charge in [0.05, 0.1) is 5.92 Å². The van der Waals surface area contributed by atoms with Gasteiger partial charge >= 0.3 is 0 Å². The van der Waals surface area contributed by atoms with E-state index in [0.717, 1.165) is 45.3 Å². The fraction of sp³-hybridized carbons (Fsp3) is 0.842. The number of rotatable bonds is 7. The first kappa shape index (κ1) is 19.7. The molecule has 2 rings (SSSR count). The molecule has 142 valence electrons. The minimum absolute atomic E-state index is 0.0658. The Kier molecular flexibility index (Phi) is 6.85. The molecule has 0 aromatic carbocycles. The Morgan fingerprint density at radius 3 is 2.56 bits per heavy atom. The van der Waals surface area contributed by atoms with E-state index in [1.54, 1.807) is 0 Å². The molecule has 0 aliphatic carbocycles. The van der Waals surface area contributed by atoms with Crippen LogP contribution in [0.1, 0.15) is 65.7 Å². The van der Waals surface area contributed by atoms with Gasteiger partial charge < -0.3 is 15.1 Å². The molecule has 0 aromatic rings. The lowest BCUT2D eigenvalue weighted by Crippen LogP contribution is -2.47. The Bertz CT molecular complexity index is 504. The average molecular weight is 351 g/mol. The van der Waals surface area contributed by atoms with Crippen molar-refractivity contribution in [1.82, 2.24) is 15.1 Å². The molecule has 0 saturated carbocycles. The molecule has 2 aliphatic rings. The molecule has 3 amide bonds. The highest BCUT2D eigenvalue weighted by Crippen LogP contribution is 2.29. The van der Waals surface area contributed by atoms with Gasteiger partial charge in [0.2, 0.25) is 17.7 Å². The molecule has 1 N–H and O–H groups in total. The van der Waals surface area contributed by atoms with Crippen molar-refractivity contribution in [3.05, 3.63) is 0 Å². The number of carbonyl (C=O) groups excluding carboxylic acids is 3. The zero-order chi connectivity index (χ0) is 18.4. The van der Waals surface area contributed by atoms with Crippen LogP contribution in [0.2, 0.25) is 0 Å². The third kappa shape index (κ3) is 4.73. The summed E-state index contributed by atoms with van der Waals surface area (Å²) in [4.78, 5) is 40.5. The smallest absolute Gasteiger partial charge is 0.227 e. The predicted molar refractivity (Wildman–Crippen MR) is 96.9 cm³/mol. The van der Waals surface area contributed by atoms with Crippen molar-refractivity contribution in [2.75, 3.05) is 26.2 Å². The van der Waals surface area contributed by atoms with Crippen LogP contribution in [-0.2, 0) is 14.4 Å². The van der Waals surface area contributed by atoms with Crippen molar-refractivity contribution in [3.8, 4) is 0 Å². The van der Waals surface area contributed by atoms with Crippen LogP contribution in [0.3, 0.4) is 0 Å². The number of amides is 3. The predicted octanol–water partition coefficient (Wildman–Crippen LogP) is 1.93. The van der Waals surface area contributed by atoms with Crippen molar-refractivity contribution in [2.24, 2.45) is 5.92 Å². The zero-order valence-corrected chi connectivity index (χ0v) is 16.0. The number of hydrogen-bond donors (Lipinski definition) is 1. The molecule has 6 heteroatoms. The van der Waals surface area contributed by atoms with Crippen LogP contribution in [0.25, 0.3) is 0 Å². The second-order valence-electron chi connectivity index (χ2n) is 7.37. The quantitative estimate of drug-likeness (QED) is 0.762. The van der Waals surface area contributed by atoms with Gasteiger partial charge in [-0.2, -0.15) is 0 Å². The summed E-state index contributed by atoms with van der Waals surface area (Å²) in [5, 5.41) is 3.06. The van der Waals surface area contributed by atoms with E-state index in [4.69, 9.17) is 0 Å². The van der Waals surface area contributed by atoms with Crippen LogP contribution in [0, 0.1) is 5.92 Å². The summed E-state index contributed by atoms with van der Waals surface area (Å²) < 4.78 is 0. The zero-order valence-electron chi connectivity index (χ0n) is 16.0. The van der Waals surface area contributed by atoms with E-state index in [2.05, 4.69) is 12.2 Å². The average Bonchev–Trinajstić information content (AvgIpc) is 3.02. The molecule has 2 fully saturated rings. The molecule has 0 aromatic heterocycles. The van der Waals surface area contributed by atoms with E-state index in [1.807, 2.05) is 23.6 Å². The van der Waals surface area contributed by atoms with Crippen molar-refractivity contribution in [2.45, 2.75) is 71.3 Å². The molecule has 2 atom stereocenters. The molecule has 2 aliphatic heterocycles. The minimum atomic E-state index is -0.209. The largest absolute Gasteiger partial charge is 0.351 e. The molecule has 25 heavy (non-hydrogen) atoms. The Hall–Kier alpha value is -1.59. The highest BCUT2D eigenvalue weighted by Gasteiger charge is 2.37. The lowest BCUT2D eigenvalue weighted by Gasteiger charge is -2.35. The summed E-state index contributed by atoms with van der Waals surface area (Å²) in [6.45, 7) is 8.78. The third-order valence-corrected chi connectivity index (χ3v) is 5.93. The molecule has 2 heterocycles. The first-order valence-electron chi connectivity index (χ1n) is 9.82. The van der Waals surface area contributed by atoms with Crippen LogP contribution >= 0.6 is 0 Å². The van der Waals surface area contributed by atoms with Crippen LogP contribution in [-0.4, -0.2) is 59.2 Å². The van der Waals surface area contributed by atoms with Gasteiger partial charge in [-0.3, -0.25) is 14.4 Å². The molecule has 0 bridgehead atoms. The highest BCUT2D eigenvalue weighted by molar-refractivity contribution is 5.82. The first-order chi connectivity index (χ1) is 11.9. The summed E-state index contributed by atoms with van der Waals surface area (Å²) in [5.74, 6) is 0.322. The SMILES string of the molecule is CCN(CC)C(=O)[C@H]1CCCN(C(=O)CC[C@]2(CC)CCC(=O)N2)C1. The lowest BCUT2D eigenvalue weighted by atomic mass is 9.88. The summed E-state index contributed by atoms with van der Waals surface area (Å²) in [6.07, 6.45) is 5.13. The van der Waals surface area contributed by atoms with E-state index in [-0.39, 0.29) is 29.2 Å². The number of likely N-dealkylation sites (tertiary alicyclic amines) is 1. The lowest BCUT2D eigenvalue weighted by molar-refractivity contribution is -0.141. The number of nitrogens with zero attached hydrogens (tertiary/aromatic N) is 2. The topological polar surface area (TPSA) is 69.7 Å². The van der Waals surface area contributed by atoms with E-state index >= 15 is 0 Å². The monoisotopic (exact) mass is 351 g/mol. The van der Waals surface area contributed by atoms with Gasteiger partial charge in [-0.1, -0.05) is 6.92 Å². The fourth-order valence-corrected chi connectivity index (χ4v) is 4.11. The van der Waals surface area contributed by atoms with Gasteiger partial charge in [0, 0.05) is 44.6 Å². The number of hydrogen-bond acceptors (Lipinski definition) is 3. The minimum Gasteiger partial charge on any atom is -0.351 e. The Balaban J connectivity index is 1.89. The van der Waals surface area contributed by atoms with Crippen molar-refractivity contribution >= 4 is 17.7 Å². The molecule has 0 spiro atoms. The fourth-order valence-electron chi connectivity index (χ4n) is 4.11. The Labute approximate surface area is 151 Å². The van der Waals surface area contributed by atoms with Gasteiger partial charge in [0.15, 0.2) is 0 Å². The van der Waals surface area contributed by atoms with Crippen LogP contribution in [0.5, 0.6) is 0 Å². The molecular weight excluding hydrogens is 318 g/mol. The van der Waals surface area contributed by atoms with Crippen LogP contribution in [0.4, 0.5) is 0 Å². The standard InChI is InChI=1S/C19H33N3O3/c1-4-19(11-9-16(23)20-19)12-10-17(24)22-13-7-8-15(14-22)18(25)21(5-2)6-3/h15H,4-14H2,1-3H3,(H,20,23)/t15-,19-/m0/s1. The third-order valence-electron chi connectivity index (χ3n) is 5.93. The molecule has 6 nitrogen and oxygen atoms in total. The molecular formula is C19H33N3O3. The molecule has 0 unspecified atom stereocenters. The summed E-state index contributed by atoms with van der Waals surface area (Å²) in [7, 11) is 0. The van der Waals surface area contributed by atoms with E-state index in [1.165, 1.54) is 0 Å². The summed E-state index contributed by atoms with van der Waals surface area (Å²) >= 11 is 0. The maximum atomic E-state index is 12.7. The van der Waals surface area contributed by atoms with Gasteiger partial charge in [-0.15, -0.1) is 0 Å². The second-order valence-corrected chi connectivity index (χ2v) is 7.37. The van der Waals surface area contributed by atoms with Gasteiger partial charge in [0.1, 0.15) is 0 Å². The second kappa shape index (κ2) is 8.68. The van der Waals surface area contributed by atoms with Crippen LogP contribution < -0.4 is 5.32 Å². The van der Waals surface area contributed by atoms with E-state index in [9.17, 15) is 14.4 Å². The summed E-state index contributed by atoms with van der Waals surface area (Å²) in [5.41, 5.74) is -0.209. The van der Waals surface area contributed by atoms with Crippen molar-refractivity contribution in [3.63, 3.8) is 0 Å². The number of piperidine rings is 1. The molecule has 0 radical (unpaired) electrons. The van der Waals surface area contributed by atoms with Gasteiger partial charge in [0.25, 0.3) is 0 Å². The van der Waals surface area contributed by atoms with Crippen LogP contribution in [0.15, 0.2) is 0 Å². The van der Waals surface area contributed by atoms with Crippen molar-refractivity contribution in [1.29, 1.82) is 0 Å². The normalized spacial score (nSPS) is 26.4. The first-order valence-corrected chi connectivity index (χ1v) is 9.82. The Morgan fingerprint density at radius 2 is 2.00 bits per heavy atom. The van der Waals surface area contributed by atoms with E-state index in [0.29, 0.717) is 25.8 Å². The number of nitrogens with one attached hydrogen (secondary N) is 1. The van der Waals surface area contributed by atoms with E-state index < -0.39 is 0 Å².